The fraction of sp³-hybridized carbons (Fsp3) is 0.273. The zero-order valence-electron chi connectivity index (χ0n) is 9.32. The molecule has 2 aromatic rings. The first kappa shape index (κ1) is 12.3. The Balaban J connectivity index is 2.61. The minimum absolute atomic E-state index is 0.377. The highest BCUT2D eigenvalue weighted by molar-refractivity contribution is 9.11. The van der Waals surface area contributed by atoms with Crippen LogP contribution in [0.1, 0.15) is 17.3 Å². The summed E-state index contributed by atoms with van der Waals surface area (Å²) < 4.78 is 11.8. The number of ether oxygens (including phenoxy) is 2. The molecule has 0 fully saturated rings. The van der Waals surface area contributed by atoms with E-state index in [1.54, 1.807) is 12.1 Å². The number of aromatic nitrogens is 1. The average Bonchev–Trinajstić information content (AvgIpc) is 2.69. The van der Waals surface area contributed by atoms with Crippen molar-refractivity contribution in [1.82, 2.24) is 4.98 Å². The molecule has 0 saturated heterocycles. The molecule has 1 aromatic carbocycles. The van der Waals surface area contributed by atoms with Crippen LogP contribution in [0.4, 0.5) is 0 Å². The van der Waals surface area contributed by atoms with Gasteiger partial charge in [0.1, 0.15) is 11.3 Å². The number of esters is 1. The minimum atomic E-state index is -0.377. The molecule has 0 bridgehead atoms. The third-order valence-corrected chi connectivity index (χ3v) is 3.61. The summed E-state index contributed by atoms with van der Waals surface area (Å²) in [5.41, 5.74) is 1.23. The number of nitrogens with zero attached hydrogens (tertiary/aromatic N) is 1. The lowest BCUT2D eigenvalue weighted by atomic mass is 10.2. The lowest BCUT2D eigenvalue weighted by Gasteiger charge is -2.06. The lowest BCUT2D eigenvalue weighted by Crippen LogP contribution is -2.02. The number of thiazole rings is 1. The molecule has 0 atom stereocenters. The Morgan fingerprint density at radius 2 is 2.29 bits per heavy atom. The fourth-order valence-electron chi connectivity index (χ4n) is 1.47. The molecule has 6 heteroatoms. The smallest absolute Gasteiger partial charge is 0.338 e. The first-order valence-corrected chi connectivity index (χ1v) is 6.58. The normalized spacial score (nSPS) is 10.5. The van der Waals surface area contributed by atoms with Crippen LogP contribution in [0.25, 0.3) is 10.2 Å². The average molecular weight is 316 g/mol. The standard InChI is InChI=1S/C11H10BrNO3S/c1-3-16-7-4-6(10(14)15-2)5-8-9(7)13-11(12)17-8/h4-5H,3H2,1-2H3. The summed E-state index contributed by atoms with van der Waals surface area (Å²) in [6, 6.07) is 3.41. The van der Waals surface area contributed by atoms with Crippen molar-refractivity contribution >= 4 is 43.5 Å². The highest BCUT2D eigenvalue weighted by atomic mass is 79.9. The van der Waals surface area contributed by atoms with Crippen molar-refractivity contribution in [2.24, 2.45) is 0 Å². The first-order valence-electron chi connectivity index (χ1n) is 4.97. The van der Waals surface area contributed by atoms with Gasteiger partial charge < -0.3 is 9.47 Å². The molecule has 90 valence electrons. The molecule has 17 heavy (non-hydrogen) atoms. The van der Waals surface area contributed by atoms with Crippen LogP contribution in [0.15, 0.2) is 16.0 Å². The maximum absolute atomic E-state index is 11.5. The minimum Gasteiger partial charge on any atom is -0.492 e. The molecule has 4 nitrogen and oxygen atoms in total. The van der Waals surface area contributed by atoms with Gasteiger partial charge in [0.05, 0.1) is 24.0 Å². The van der Waals surface area contributed by atoms with Crippen LogP contribution in [0.3, 0.4) is 0 Å². The monoisotopic (exact) mass is 315 g/mol. The topological polar surface area (TPSA) is 48.4 Å². The summed E-state index contributed by atoms with van der Waals surface area (Å²) in [5, 5.41) is 0. The van der Waals surface area contributed by atoms with Gasteiger partial charge in [-0.3, -0.25) is 0 Å². The van der Waals surface area contributed by atoms with Gasteiger partial charge in [0, 0.05) is 0 Å². The molecule has 0 spiro atoms. The number of benzene rings is 1. The van der Waals surface area contributed by atoms with Crippen molar-refractivity contribution in [3.63, 3.8) is 0 Å². The third-order valence-electron chi connectivity index (χ3n) is 2.15. The molecule has 0 unspecified atom stereocenters. The zero-order chi connectivity index (χ0) is 12.4. The second kappa shape index (κ2) is 5.01. The number of fused-ring (bicyclic) bond motifs is 1. The molecule has 0 radical (unpaired) electrons. The fourth-order valence-corrected chi connectivity index (χ4v) is 2.92. The third kappa shape index (κ3) is 2.42. The number of carbonyl (C=O) groups excluding carboxylic acids is 1. The zero-order valence-corrected chi connectivity index (χ0v) is 11.7. The molecule has 0 aliphatic heterocycles. The molecule has 0 saturated carbocycles. The van der Waals surface area contributed by atoms with Crippen molar-refractivity contribution in [3.05, 3.63) is 21.6 Å². The Kier molecular flexibility index (Phi) is 3.63. The Morgan fingerprint density at radius 3 is 2.94 bits per heavy atom. The van der Waals surface area contributed by atoms with Crippen LogP contribution in [0.5, 0.6) is 5.75 Å². The van der Waals surface area contributed by atoms with E-state index >= 15 is 0 Å². The van der Waals surface area contributed by atoms with Gasteiger partial charge in [-0.2, -0.15) is 0 Å². The van der Waals surface area contributed by atoms with E-state index < -0.39 is 0 Å². The SMILES string of the molecule is CCOc1cc(C(=O)OC)cc2sc(Br)nc12. The number of carbonyl (C=O) groups is 1. The summed E-state index contributed by atoms with van der Waals surface area (Å²) in [4.78, 5) is 15.8. The van der Waals surface area contributed by atoms with Crippen LogP contribution >= 0.6 is 27.3 Å². The Morgan fingerprint density at radius 1 is 1.53 bits per heavy atom. The van der Waals surface area contributed by atoms with Crippen molar-refractivity contribution in [3.8, 4) is 5.75 Å². The Hall–Kier alpha value is -1.14. The second-order valence-electron chi connectivity index (χ2n) is 3.21. The molecule has 0 aliphatic carbocycles. The highest BCUT2D eigenvalue weighted by Gasteiger charge is 2.14. The predicted octanol–water partition coefficient (Wildman–Crippen LogP) is 3.24. The molecule has 1 heterocycles. The van der Waals surface area contributed by atoms with Crippen LogP contribution in [0, 0.1) is 0 Å². The molecular formula is C11H10BrNO3S. The summed E-state index contributed by atoms with van der Waals surface area (Å²) in [6.45, 7) is 2.41. The van der Waals surface area contributed by atoms with Crippen molar-refractivity contribution in [2.45, 2.75) is 6.92 Å². The summed E-state index contributed by atoms with van der Waals surface area (Å²) in [6.07, 6.45) is 0. The van der Waals surface area contributed by atoms with Crippen molar-refractivity contribution < 1.29 is 14.3 Å². The van der Waals surface area contributed by atoms with E-state index in [2.05, 4.69) is 20.9 Å². The summed E-state index contributed by atoms with van der Waals surface area (Å²) in [5.74, 6) is 0.227. The van der Waals surface area contributed by atoms with Gasteiger partial charge in [0.2, 0.25) is 0 Å². The number of hydrogen-bond donors (Lipinski definition) is 0. The lowest BCUT2D eigenvalue weighted by molar-refractivity contribution is 0.0600. The van der Waals surface area contributed by atoms with Crippen LogP contribution < -0.4 is 4.74 Å². The largest absolute Gasteiger partial charge is 0.492 e. The van der Waals surface area contributed by atoms with E-state index in [1.807, 2.05) is 6.92 Å². The molecule has 0 amide bonds. The molecular weight excluding hydrogens is 306 g/mol. The van der Waals surface area contributed by atoms with E-state index in [-0.39, 0.29) is 5.97 Å². The Labute approximate surface area is 111 Å². The number of methoxy groups -OCH3 is 1. The van der Waals surface area contributed by atoms with Gasteiger partial charge in [0.15, 0.2) is 3.92 Å². The maximum Gasteiger partial charge on any atom is 0.338 e. The molecule has 1 aromatic heterocycles. The molecule has 2 rings (SSSR count). The van der Waals surface area contributed by atoms with Gasteiger partial charge in [-0.05, 0) is 35.0 Å². The number of halogens is 1. The van der Waals surface area contributed by atoms with Gasteiger partial charge in [-0.25, -0.2) is 9.78 Å². The summed E-state index contributed by atoms with van der Waals surface area (Å²) >= 11 is 4.78. The molecule has 0 aliphatic rings. The van der Waals surface area contributed by atoms with Crippen LogP contribution in [0.2, 0.25) is 0 Å². The Bertz CT molecular complexity index is 567. The van der Waals surface area contributed by atoms with E-state index in [9.17, 15) is 4.79 Å². The van der Waals surface area contributed by atoms with Gasteiger partial charge in [-0.15, -0.1) is 11.3 Å². The summed E-state index contributed by atoms with van der Waals surface area (Å²) in [7, 11) is 1.36. The van der Waals surface area contributed by atoms with E-state index in [0.29, 0.717) is 17.9 Å². The van der Waals surface area contributed by atoms with Crippen LogP contribution in [-0.2, 0) is 4.74 Å². The van der Waals surface area contributed by atoms with Gasteiger partial charge in [0.25, 0.3) is 0 Å². The number of rotatable bonds is 3. The van der Waals surface area contributed by atoms with E-state index in [4.69, 9.17) is 9.47 Å². The molecule has 0 N–H and O–H groups in total. The maximum atomic E-state index is 11.5. The quantitative estimate of drug-likeness (QED) is 0.816. The second-order valence-corrected chi connectivity index (χ2v) is 5.52. The van der Waals surface area contributed by atoms with Crippen LogP contribution in [-0.4, -0.2) is 24.7 Å². The van der Waals surface area contributed by atoms with E-state index in [0.717, 1.165) is 14.1 Å². The van der Waals surface area contributed by atoms with Gasteiger partial charge >= 0.3 is 5.97 Å². The number of hydrogen-bond acceptors (Lipinski definition) is 5. The first-order chi connectivity index (χ1) is 8.15. The van der Waals surface area contributed by atoms with Gasteiger partial charge in [-0.1, -0.05) is 0 Å². The van der Waals surface area contributed by atoms with E-state index in [1.165, 1.54) is 18.4 Å². The predicted molar refractivity (Wildman–Crippen MR) is 69.8 cm³/mol. The van der Waals surface area contributed by atoms with Crippen molar-refractivity contribution in [2.75, 3.05) is 13.7 Å². The highest BCUT2D eigenvalue weighted by Crippen LogP contribution is 2.33. The van der Waals surface area contributed by atoms with Crippen molar-refractivity contribution in [1.29, 1.82) is 0 Å².